The summed E-state index contributed by atoms with van der Waals surface area (Å²) in [5.74, 6) is 0.248. The van der Waals surface area contributed by atoms with Crippen molar-refractivity contribution >= 4 is 22.2 Å². The number of rotatable bonds is 5. The monoisotopic (exact) mass is 352 g/mol. The number of methoxy groups -OCH3 is 1. The second kappa shape index (κ2) is 6.72. The van der Waals surface area contributed by atoms with Crippen LogP contribution in [0.15, 0.2) is 34.8 Å². The molecule has 0 aliphatic carbocycles. The van der Waals surface area contributed by atoms with Gasteiger partial charge >= 0.3 is 0 Å². The zero-order chi connectivity index (χ0) is 15.4. The van der Waals surface area contributed by atoms with Gasteiger partial charge in [-0.2, -0.15) is 0 Å². The van der Waals surface area contributed by atoms with Crippen molar-refractivity contribution in [3.63, 3.8) is 0 Å². The molecule has 21 heavy (non-hydrogen) atoms. The first-order valence-electron chi connectivity index (χ1n) is 6.25. The highest BCUT2D eigenvalue weighted by atomic mass is 79.9. The molecule has 2 aromatic carbocycles. The summed E-state index contributed by atoms with van der Waals surface area (Å²) in [5.41, 5.74) is 1.95. The van der Waals surface area contributed by atoms with Gasteiger partial charge in [0.05, 0.1) is 12.7 Å². The van der Waals surface area contributed by atoms with Crippen molar-refractivity contribution in [1.82, 2.24) is 0 Å². The Kier molecular flexibility index (Phi) is 4.96. The first kappa shape index (κ1) is 15.5. The van der Waals surface area contributed by atoms with E-state index in [9.17, 15) is 9.18 Å². The number of aryl methyl sites for hydroxylation is 1. The highest BCUT2D eigenvalue weighted by Crippen LogP contribution is 2.28. The normalized spacial score (nSPS) is 10.3. The van der Waals surface area contributed by atoms with Crippen LogP contribution in [-0.4, -0.2) is 13.4 Å². The summed E-state index contributed by atoms with van der Waals surface area (Å²) < 4.78 is 25.0. The van der Waals surface area contributed by atoms with Crippen LogP contribution in [0.5, 0.6) is 11.5 Å². The van der Waals surface area contributed by atoms with Crippen LogP contribution < -0.4 is 9.47 Å². The molecular formula is C16H14BrFO3. The van der Waals surface area contributed by atoms with Gasteiger partial charge < -0.3 is 9.47 Å². The zero-order valence-corrected chi connectivity index (χ0v) is 13.2. The van der Waals surface area contributed by atoms with Gasteiger partial charge in [0.1, 0.15) is 12.4 Å². The van der Waals surface area contributed by atoms with E-state index in [0.29, 0.717) is 16.9 Å². The van der Waals surface area contributed by atoms with E-state index in [-0.39, 0.29) is 12.4 Å². The van der Waals surface area contributed by atoms with E-state index >= 15 is 0 Å². The van der Waals surface area contributed by atoms with E-state index in [1.165, 1.54) is 13.2 Å². The second-order valence-corrected chi connectivity index (χ2v) is 5.43. The molecule has 0 fully saturated rings. The van der Waals surface area contributed by atoms with Crippen molar-refractivity contribution in [3.8, 4) is 11.5 Å². The number of aldehydes is 1. The molecule has 3 nitrogen and oxygen atoms in total. The number of benzene rings is 2. The predicted molar refractivity (Wildman–Crippen MR) is 81.6 cm³/mol. The summed E-state index contributed by atoms with van der Waals surface area (Å²) in [5, 5.41) is 0. The molecule has 110 valence electrons. The van der Waals surface area contributed by atoms with Crippen LogP contribution in [0, 0.1) is 12.7 Å². The summed E-state index contributed by atoms with van der Waals surface area (Å²) in [6.45, 7) is 2.02. The number of halogens is 2. The molecule has 0 atom stereocenters. The molecule has 0 amide bonds. The van der Waals surface area contributed by atoms with E-state index in [0.717, 1.165) is 16.3 Å². The van der Waals surface area contributed by atoms with Crippen LogP contribution in [0.3, 0.4) is 0 Å². The van der Waals surface area contributed by atoms with Gasteiger partial charge in [0.15, 0.2) is 17.9 Å². The average molecular weight is 353 g/mol. The number of hydrogen-bond acceptors (Lipinski definition) is 3. The first-order valence-corrected chi connectivity index (χ1v) is 7.05. The van der Waals surface area contributed by atoms with Gasteiger partial charge in [-0.05, 0) is 42.3 Å². The third-order valence-electron chi connectivity index (χ3n) is 2.99. The molecule has 0 saturated heterocycles. The molecule has 0 bridgehead atoms. The molecule has 2 rings (SSSR count). The third-order valence-corrected chi connectivity index (χ3v) is 3.45. The number of ether oxygens (including phenoxy) is 2. The first-order chi connectivity index (χ1) is 10.0. The number of carbonyl (C=O) groups is 1. The topological polar surface area (TPSA) is 35.5 Å². The molecule has 2 aromatic rings. The van der Waals surface area contributed by atoms with Crippen molar-refractivity contribution in [2.45, 2.75) is 13.5 Å². The Morgan fingerprint density at radius 2 is 2.05 bits per heavy atom. The average Bonchev–Trinajstić information content (AvgIpc) is 2.45. The van der Waals surface area contributed by atoms with Gasteiger partial charge in [0.25, 0.3) is 0 Å². The molecule has 0 heterocycles. The van der Waals surface area contributed by atoms with Crippen LogP contribution in [-0.2, 0) is 6.61 Å². The van der Waals surface area contributed by atoms with Crippen molar-refractivity contribution < 1.29 is 18.7 Å². The summed E-state index contributed by atoms with van der Waals surface area (Å²) in [6.07, 6.45) is 0.738. The number of carbonyl (C=O) groups excluding carboxylic acids is 1. The Bertz CT molecular complexity index is 671. The predicted octanol–water partition coefficient (Wildman–Crippen LogP) is 4.30. The molecule has 0 unspecified atom stereocenters. The molecule has 0 aliphatic heterocycles. The maximum Gasteiger partial charge on any atom is 0.165 e. The highest BCUT2D eigenvalue weighted by Gasteiger charge is 2.10. The van der Waals surface area contributed by atoms with Gasteiger partial charge in [0.2, 0.25) is 0 Å². The Labute approximate surface area is 130 Å². The summed E-state index contributed by atoms with van der Waals surface area (Å²) in [7, 11) is 1.41. The van der Waals surface area contributed by atoms with Crippen molar-refractivity contribution in [2.75, 3.05) is 7.11 Å². The van der Waals surface area contributed by atoms with E-state index in [2.05, 4.69) is 15.9 Å². The summed E-state index contributed by atoms with van der Waals surface area (Å²) in [6, 6.07) is 8.16. The van der Waals surface area contributed by atoms with E-state index in [1.54, 1.807) is 18.2 Å². The third kappa shape index (κ3) is 3.61. The lowest BCUT2D eigenvalue weighted by Crippen LogP contribution is -2.01. The van der Waals surface area contributed by atoms with Crippen LogP contribution in [0.25, 0.3) is 0 Å². The molecule has 0 N–H and O–H groups in total. The van der Waals surface area contributed by atoms with Gasteiger partial charge in [0, 0.05) is 4.47 Å². The fraction of sp³-hybridized carbons (Fsp3) is 0.188. The quantitative estimate of drug-likeness (QED) is 0.752. The maximum atomic E-state index is 13.6. The smallest absolute Gasteiger partial charge is 0.165 e. The lowest BCUT2D eigenvalue weighted by atomic mass is 10.1. The van der Waals surface area contributed by atoms with Crippen molar-refractivity contribution in [3.05, 3.63) is 57.3 Å². The van der Waals surface area contributed by atoms with Crippen LogP contribution in [0.1, 0.15) is 21.5 Å². The SMILES string of the molecule is COc1ccc(COc2c(C)cc(Br)cc2C=O)cc1F. The fourth-order valence-electron chi connectivity index (χ4n) is 2.00. The summed E-state index contributed by atoms with van der Waals surface area (Å²) >= 11 is 3.33. The zero-order valence-electron chi connectivity index (χ0n) is 11.7. The molecule has 5 heteroatoms. The number of hydrogen-bond donors (Lipinski definition) is 0. The molecule has 0 spiro atoms. The van der Waals surface area contributed by atoms with Gasteiger partial charge in [-0.15, -0.1) is 0 Å². The lowest BCUT2D eigenvalue weighted by Gasteiger charge is -2.12. The van der Waals surface area contributed by atoms with E-state index < -0.39 is 5.82 Å². The molecule has 0 radical (unpaired) electrons. The molecule has 0 saturated carbocycles. The Hall–Kier alpha value is -1.88. The lowest BCUT2D eigenvalue weighted by molar-refractivity contribution is 0.111. The fourth-order valence-corrected chi connectivity index (χ4v) is 2.59. The van der Waals surface area contributed by atoms with Crippen LogP contribution >= 0.6 is 15.9 Å². The largest absolute Gasteiger partial charge is 0.494 e. The maximum absolute atomic E-state index is 13.6. The van der Waals surface area contributed by atoms with Crippen LogP contribution in [0.4, 0.5) is 4.39 Å². The Balaban J connectivity index is 2.20. The molecule has 0 aliphatic rings. The van der Waals surface area contributed by atoms with Gasteiger partial charge in [-0.3, -0.25) is 4.79 Å². The second-order valence-electron chi connectivity index (χ2n) is 4.52. The Morgan fingerprint density at radius 3 is 2.67 bits per heavy atom. The Morgan fingerprint density at radius 1 is 1.29 bits per heavy atom. The minimum absolute atomic E-state index is 0.171. The minimum atomic E-state index is -0.443. The molecular weight excluding hydrogens is 339 g/mol. The summed E-state index contributed by atoms with van der Waals surface area (Å²) in [4.78, 5) is 11.1. The van der Waals surface area contributed by atoms with Crippen LogP contribution in [0.2, 0.25) is 0 Å². The minimum Gasteiger partial charge on any atom is -0.494 e. The van der Waals surface area contributed by atoms with Crippen molar-refractivity contribution in [2.24, 2.45) is 0 Å². The standard InChI is InChI=1S/C16H14BrFO3/c1-10-5-13(17)7-12(8-19)16(10)21-9-11-3-4-15(20-2)14(18)6-11/h3-8H,9H2,1-2H3. The van der Waals surface area contributed by atoms with Gasteiger partial charge in [-0.25, -0.2) is 4.39 Å². The van der Waals surface area contributed by atoms with E-state index in [4.69, 9.17) is 9.47 Å². The molecule has 0 aromatic heterocycles. The van der Waals surface area contributed by atoms with E-state index in [1.807, 2.05) is 13.0 Å². The highest BCUT2D eigenvalue weighted by molar-refractivity contribution is 9.10. The van der Waals surface area contributed by atoms with Gasteiger partial charge in [-0.1, -0.05) is 22.0 Å². The van der Waals surface area contributed by atoms with Crippen molar-refractivity contribution in [1.29, 1.82) is 0 Å².